The normalized spacial score (nSPS) is 12.3. The van der Waals surface area contributed by atoms with Crippen LogP contribution in [0.4, 0.5) is 5.69 Å². The highest BCUT2D eigenvalue weighted by Crippen LogP contribution is 2.23. The van der Waals surface area contributed by atoms with Crippen LogP contribution < -0.4 is 5.32 Å². The number of rotatable bonds is 4. The van der Waals surface area contributed by atoms with Gasteiger partial charge in [-0.2, -0.15) is 5.10 Å². The second-order valence-corrected chi connectivity index (χ2v) is 5.15. The summed E-state index contributed by atoms with van der Waals surface area (Å²) in [5.74, 6) is 1.65. The van der Waals surface area contributed by atoms with E-state index in [1.165, 1.54) is 0 Å². The molecule has 3 aromatic heterocycles. The molecule has 102 valence electrons. The predicted molar refractivity (Wildman–Crippen MR) is 79.8 cm³/mol. The van der Waals surface area contributed by atoms with Crippen molar-refractivity contribution in [2.45, 2.75) is 13.0 Å². The van der Waals surface area contributed by atoms with Crippen molar-refractivity contribution in [3.05, 3.63) is 59.4 Å². The fraction of sp³-hybridized carbons (Fsp3) is 0.143. The van der Waals surface area contributed by atoms with Crippen LogP contribution in [0, 0.1) is 0 Å². The van der Waals surface area contributed by atoms with Crippen LogP contribution in [0.25, 0.3) is 5.82 Å². The molecule has 0 radical (unpaired) electrons. The first kappa shape index (κ1) is 12.9. The van der Waals surface area contributed by atoms with Gasteiger partial charge in [0.2, 0.25) is 0 Å². The standard InChI is InChI=1S/C14H13BrN4O/c1-10(12-4-5-13(15)20-12)18-11-3-6-14(16-9-11)19-8-2-7-17-19/h2-10,18H,1H3. The molecule has 0 fully saturated rings. The molecule has 3 heterocycles. The highest BCUT2D eigenvalue weighted by Gasteiger charge is 2.10. The molecule has 1 unspecified atom stereocenters. The van der Waals surface area contributed by atoms with Crippen LogP contribution in [0.1, 0.15) is 18.7 Å². The summed E-state index contributed by atoms with van der Waals surface area (Å²) in [6.45, 7) is 2.03. The smallest absolute Gasteiger partial charge is 0.169 e. The molecule has 0 spiro atoms. The first-order valence-electron chi connectivity index (χ1n) is 6.20. The quantitative estimate of drug-likeness (QED) is 0.789. The van der Waals surface area contributed by atoms with E-state index in [0.717, 1.165) is 21.9 Å². The Hall–Kier alpha value is -2.08. The van der Waals surface area contributed by atoms with Crippen LogP contribution in [0.3, 0.4) is 0 Å². The molecule has 0 aliphatic rings. The summed E-state index contributed by atoms with van der Waals surface area (Å²) in [5.41, 5.74) is 0.931. The van der Waals surface area contributed by atoms with E-state index in [-0.39, 0.29) is 6.04 Å². The summed E-state index contributed by atoms with van der Waals surface area (Å²) in [6, 6.07) is 9.64. The second-order valence-electron chi connectivity index (χ2n) is 4.36. The Morgan fingerprint density at radius 2 is 2.20 bits per heavy atom. The maximum atomic E-state index is 5.52. The van der Waals surface area contributed by atoms with Gasteiger partial charge in [0.15, 0.2) is 10.5 Å². The Kier molecular flexibility index (Phi) is 3.56. The largest absolute Gasteiger partial charge is 0.452 e. The maximum Gasteiger partial charge on any atom is 0.169 e. The number of nitrogens with zero attached hydrogens (tertiary/aromatic N) is 3. The van der Waals surface area contributed by atoms with Gasteiger partial charge in [0.25, 0.3) is 0 Å². The van der Waals surface area contributed by atoms with Crippen molar-refractivity contribution in [2.24, 2.45) is 0 Å². The molecular weight excluding hydrogens is 320 g/mol. The third-order valence-corrected chi connectivity index (χ3v) is 3.32. The third-order valence-electron chi connectivity index (χ3n) is 2.89. The van der Waals surface area contributed by atoms with E-state index in [0.29, 0.717) is 0 Å². The molecule has 0 aromatic carbocycles. The molecule has 1 N–H and O–H groups in total. The zero-order valence-corrected chi connectivity index (χ0v) is 12.4. The molecule has 20 heavy (non-hydrogen) atoms. The molecule has 0 bridgehead atoms. The maximum absolute atomic E-state index is 5.52. The van der Waals surface area contributed by atoms with E-state index >= 15 is 0 Å². The lowest BCUT2D eigenvalue weighted by molar-refractivity contribution is 0.471. The molecule has 0 aliphatic carbocycles. The van der Waals surface area contributed by atoms with E-state index < -0.39 is 0 Å². The Labute approximate surface area is 124 Å². The number of halogens is 1. The van der Waals surface area contributed by atoms with Crippen LogP contribution in [0.2, 0.25) is 0 Å². The molecule has 5 nitrogen and oxygen atoms in total. The number of aromatic nitrogens is 3. The fourth-order valence-corrected chi connectivity index (χ4v) is 2.21. The molecule has 3 aromatic rings. The van der Waals surface area contributed by atoms with Crippen molar-refractivity contribution in [2.75, 3.05) is 5.32 Å². The minimum atomic E-state index is 0.0682. The van der Waals surface area contributed by atoms with Crippen molar-refractivity contribution in [3.63, 3.8) is 0 Å². The van der Waals surface area contributed by atoms with Gasteiger partial charge in [-0.05, 0) is 53.2 Å². The van der Waals surface area contributed by atoms with Crippen molar-refractivity contribution in [3.8, 4) is 5.82 Å². The SMILES string of the molecule is CC(Nc1ccc(-n2cccn2)nc1)c1ccc(Br)o1. The fourth-order valence-electron chi connectivity index (χ4n) is 1.89. The lowest BCUT2D eigenvalue weighted by Gasteiger charge is -2.12. The zero-order chi connectivity index (χ0) is 13.9. The average Bonchev–Trinajstić information content (AvgIpc) is 3.10. The lowest BCUT2D eigenvalue weighted by Crippen LogP contribution is -2.06. The summed E-state index contributed by atoms with van der Waals surface area (Å²) in [4.78, 5) is 4.37. The van der Waals surface area contributed by atoms with Gasteiger partial charge in [-0.15, -0.1) is 0 Å². The molecule has 0 saturated heterocycles. The highest BCUT2D eigenvalue weighted by atomic mass is 79.9. The third kappa shape index (κ3) is 2.75. The monoisotopic (exact) mass is 332 g/mol. The van der Waals surface area contributed by atoms with Gasteiger partial charge in [-0.25, -0.2) is 9.67 Å². The van der Waals surface area contributed by atoms with Crippen LogP contribution in [0.15, 0.2) is 58.0 Å². The van der Waals surface area contributed by atoms with Gasteiger partial charge in [-0.1, -0.05) is 0 Å². The molecule has 1 atom stereocenters. The topological polar surface area (TPSA) is 55.9 Å². The number of hydrogen-bond donors (Lipinski definition) is 1. The van der Waals surface area contributed by atoms with Crippen molar-refractivity contribution in [1.82, 2.24) is 14.8 Å². The van der Waals surface area contributed by atoms with Gasteiger partial charge < -0.3 is 9.73 Å². The molecule has 0 saturated carbocycles. The predicted octanol–water partition coefficient (Wildman–Crippen LogP) is 3.80. The molecule has 6 heteroatoms. The Bertz CT molecular complexity index is 676. The van der Waals surface area contributed by atoms with Gasteiger partial charge in [0, 0.05) is 12.4 Å². The number of anilines is 1. The number of pyridine rings is 1. The van der Waals surface area contributed by atoms with Crippen LogP contribution in [-0.2, 0) is 0 Å². The summed E-state index contributed by atoms with van der Waals surface area (Å²) in [6.07, 6.45) is 5.37. The molecule has 0 amide bonds. The van der Waals surface area contributed by atoms with E-state index in [1.54, 1.807) is 17.1 Å². The Morgan fingerprint density at radius 3 is 2.80 bits per heavy atom. The van der Waals surface area contributed by atoms with Crippen LogP contribution >= 0.6 is 15.9 Å². The number of furan rings is 1. The summed E-state index contributed by atoms with van der Waals surface area (Å²) in [5, 5.41) is 7.48. The molecule has 0 aliphatic heterocycles. The van der Waals surface area contributed by atoms with Gasteiger partial charge in [0.05, 0.1) is 17.9 Å². The van der Waals surface area contributed by atoms with Gasteiger partial charge in [-0.3, -0.25) is 0 Å². The Balaban J connectivity index is 1.72. The first-order chi connectivity index (χ1) is 9.72. The van der Waals surface area contributed by atoms with Gasteiger partial charge >= 0.3 is 0 Å². The van der Waals surface area contributed by atoms with Gasteiger partial charge in [0.1, 0.15) is 5.76 Å². The van der Waals surface area contributed by atoms with E-state index in [1.807, 2.05) is 43.5 Å². The second kappa shape index (κ2) is 5.50. The lowest BCUT2D eigenvalue weighted by atomic mass is 10.2. The molecule has 3 rings (SSSR count). The van der Waals surface area contributed by atoms with E-state index in [4.69, 9.17) is 4.42 Å². The summed E-state index contributed by atoms with van der Waals surface area (Å²) < 4.78 is 7.97. The zero-order valence-electron chi connectivity index (χ0n) is 10.8. The van der Waals surface area contributed by atoms with Crippen molar-refractivity contribution < 1.29 is 4.42 Å². The highest BCUT2D eigenvalue weighted by molar-refractivity contribution is 9.10. The van der Waals surface area contributed by atoms with E-state index in [9.17, 15) is 0 Å². The van der Waals surface area contributed by atoms with E-state index in [2.05, 4.69) is 31.3 Å². The van der Waals surface area contributed by atoms with Crippen LogP contribution in [-0.4, -0.2) is 14.8 Å². The minimum Gasteiger partial charge on any atom is -0.452 e. The number of hydrogen-bond acceptors (Lipinski definition) is 4. The Morgan fingerprint density at radius 1 is 1.30 bits per heavy atom. The average molecular weight is 333 g/mol. The number of nitrogens with one attached hydrogen (secondary N) is 1. The minimum absolute atomic E-state index is 0.0682. The molecular formula is C14H13BrN4O. The summed E-state index contributed by atoms with van der Waals surface area (Å²) >= 11 is 3.30. The summed E-state index contributed by atoms with van der Waals surface area (Å²) in [7, 11) is 0. The first-order valence-corrected chi connectivity index (χ1v) is 6.99. The van der Waals surface area contributed by atoms with Crippen molar-refractivity contribution >= 4 is 21.6 Å². The van der Waals surface area contributed by atoms with Crippen molar-refractivity contribution in [1.29, 1.82) is 0 Å². The van der Waals surface area contributed by atoms with Crippen LogP contribution in [0.5, 0.6) is 0 Å².